The molecule has 128 valence electrons. The lowest BCUT2D eigenvalue weighted by molar-refractivity contribution is 0.557. The van der Waals surface area contributed by atoms with Gasteiger partial charge < -0.3 is 0 Å². The van der Waals surface area contributed by atoms with E-state index in [1.54, 1.807) is 24.3 Å². The van der Waals surface area contributed by atoms with E-state index in [0.717, 1.165) is 36.0 Å². The van der Waals surface area contributed by atoms with Crippen molar-refractivity contribution in [1.82, 2.24) is 9.66 Å². The van der Waals surface area contributed by atoms with Crippen LogP contribution in [-0.4, -0.2) is 16.8 Å². The highest BCUT2D eigenvalue weighted by atomic mass is 32.2. The molecule has 1 aliphatic rings. The van der Waals surface area contributed by atoms with Crippen LogP contribution in [-0.2, 0) is 32.9 Å². The Morgan fingerprint density at radius 1 is 0.750 bits per heavy atom. The highest BCUT2D eigenvalue weighted by Gasteiger charge is 2.21. The van der Waals surface area contributed by atoms with E-state index in [2.05, 4.69) is 0 Å². The lowest BCUT2D eigenvalue weighted by Gasteiger charge is -2.10. The van der Waals surface area contributed by atoms with E-state index in [4.69, 9.17) is 0 Å². The van der Waals surface area contributed by atoms with Gasteiger partial charge in [0.2, 0.25) is 0 Å². The number of sulfonamides is 2. The molecule has 0 fully saturated rings. The molecular weight excluding hydrogens is 348 g/mol. The number of benzene rings is 2. The van der Waals surface area contributed by atoms with Crippen LogP contribution in [0.15, 0.2) is 52.3 Å². The summed E-state index contributed by atoms with van der Waals surface area (Å²) >= 11 is 0. The molecule has 2 N–H and O–H groups in total. The SMILES string of the molecule is Cc1ccc(S(=O)(=O)NNS(=O)(=O)c2ccc3c(c2)CCC3)cc1. The molecule has 0 amide bonds. The quantitative estimate of drug-likeness (QED) is 0.787. The van der Waals surface area contributed by atoms with Crippen LogP contribution in [0.2, 0.25) is 0 Å². The van der Waals surface area contributed by atoms with Crippen molar-refractivity contribution in [3.8, 4) is 0 Å². The van der Waals surface area contributed by atoms with Crippen molar-refractivity contribution in [3.05, 3.63) is 59.2 Å². The van der Waals surface area contributed by atoms with Crippen LogP contribution in [0.5, 0.6) is 0 Å². The number of nitrogens with one attached hydrogen (secondary N) is 2. The first-order valence-electron chi connectivity index (χ1n) is 7.50. The normalized spacial score (nSPS) is 14.5. The zero-order chi connectivity index (χ0) is 17.4. The molecule has 0 aliphatic heterocycles. The maximum atomic E-state index is 12.3. The molecule has 6 nitrogen and oxygen atoms in total. The maximum absolute atomic E-state index is 12.3. The van der Waals surface area contributed by atoms with Gasteiger partial charge in [-0.3, -0.25) is 0 Å². The van der Waals surface area contributed by atoms with Crippen LogP contribution in [0.3, 0.4) is 0 Å². The lowest BCUT2D eigenvalue weighted by Crippen LogP contribution is -2.41. The molecule has 0 bridgehead atoms. The highest BCUT2D eigenvalue weighted by molar-refractivity contribution is 7.92. The van der Waals surface area contributed by atoms with Gasteiger partial charge in [-0.05, 0) is 61.6 Å². The monoisotopic (exact) mass is 366 g/mol. The van der Waals surface area contributed by atoms with Crippen molar-refractivity contribution in [1.29, 1.82) is 0 Å². The largest absolute Gasteiger partial charge is 0.254 e. The molecule has 24 heavy (non-hydrogen) atoms. The summed E-state index contributed by atoms with van der Waals surface area (Å²) < 4.78 is 49.0. The smallest absolute Gasteiger partial charge is 0.206 e. The van der Waals surface area contributed by atoms with Crippen LogP contribution in [0, 0.1) is 6.92 Å². The summed E-state index contributed by atoms with van der Waals surface area (Å²) in [5.41, 5.74) is 3.06. The van der Waals surface area contributed by atoms with Gasteiger partial charge in [-0.2, -0.15) is 0 Å². The van der Waals surface area contributed by atoms with Gasteiger partial charge in [0.25, 0.3) is 20.0 Å². The molecule has 2 aromatic rings. The summed E-state index contributed by atoms with van der Waals surface area (Å²) in [5, 5.41) is 0. The average Bonchev–Trinajstić information content (AvgIpc) is 3.01. The molecule has 0 heterocycles. The molecular formula is C16H18N2O4S2. The Labute approximate surface area is 142 Å². The molecule has 3 rings (SSSR count). The number of fused-ring (bicyclic) bond motifs is 1. The first-order chi connectivity index (χ1) is 11.3. The fraction of sp³-hybridized carbons (Fsp3) is 0.250. The topological polar surface area (TPSA) is 92.3 Å². The number of hydrazine groups is 1. The summed E-state index contributed by atoms with van der Waals surface area (Å²) in [6.07, 6.45) is 2.79. The van der Waals surface area contributed by atoms with E-state index in [1.165, 1.54) is 18.2 Å². The zero-order valence-corrected chi connectivity index (χ0v) is 14.7. The number of aryl methyl sites for hydroxylation is 3. The predicted molar refractivity (Wildman–Crippen MR) is 90.3 cm³/mol. The van der Waals surface area contributed by atoms with Gasteiger partial charge in [0, 0.05) is 0 Å². The Morgan fingerprint density at radius 3 is 1.96 bits per heavy atom. The second-order valence-electron chi connectivity index (χ2n) is 5.81. The van der Waals surface area contributed by atoms with Crippen molar-refractivity contribution >= 4 is 20.0 Å². The van der Waals surface area contributed by atoms with Crippen LogP contribution in [0.4, 0.5) is 0 Å². The third-order valence-corrected chi connectivity index (χ3v) is 6.66. The van der Waals surface area contributed by atoms with Gasteiger partial charge >= 0.3 is 0 Å². The Balaban J connectivity index is 1.79. The van der Waals surface area contributed by atoms with Gasteiger partial charge in [-0.1, -0.05) is 23.8 Å². The first-order valence-corrected chi connectivity index (χ1v) is 10.5. The third-order valence-electron chi connectivity index (χ3n) is 4.02. The molecule has 0 radical (unpaired) electrons. The number of hydrogen-bond acceptors (Lipinski definition) is 4. The van der Waals surface area contributed by atoms with Gasteiger partial charge in [-0.15, -0.1) is 9.66 Å². The summed E-state index contributed by atoms with van der Waals surface area (Å²) in [4.78, 5) is 3.93. The Morgan fingerprint density at radius 2 is 1.29 bits per heavy atom. The van der Waals surface area contributed by atoms with E-state index in [0.29, 0.717) is 0 Å². The van der Waals surface area contributed by atoms with E-state index < -0.39 is 20.0 Å². The minimum absolute atomic E-state index is 0.00949. The third kappa shape index (κ3) is 3.51. The molecule has 0 unspecified atom stereocenters. The van der Waals surface area contributed by atoms with Crippen LogP contribution in [0.1, 0.15) is 23.1 Å². The predicted octanol–water partition coefficient (Wildman–Crippen LogP) is 1.66. The second-order valence-corrected chi connectivity index (χ2v) is 9.17. The summed E-state index contributed by atoms with van der Waals surface area (Å²) in [5.74, 6) is 0. The fourth-order valence-electron chi connectivity index (χ4n) is 2.66. The van der Waals surface area contributed by atoms with E-state index in [1.807, 2.05) is 16.6 Å². The first kappa shape index (κ1) is 17.1. The molecule has 8 heteroatoms. The second kappa shape index (κ2) is 6.29. The molecule has 2 aromatic carbocycles. The molecule has 1 aliphatic carbocycles. The van der Waals surface area contributed by atoms with Crippen molar-refractivity contribution in [2.24, 2.45) is 0 Å². The van der Waals surface area contributed by atoms with E-state index in [-0.39, 0.29) is 9.79 Å². The number of rotatable bonds is 5. The van der Waals surface area contributed by atoms with Gasteiger partial charge in [0.05, 0.1) is 9.79 Å². The molecule has 0 aromatic heterocycles. The van der Waals surface area contributed by atoms with Gasteiger partial charge in [0.1, 0.15) is 0 Å². The van der Waals surface area contributed by atoms with Crippen LogP contribution >= 0.6 is 0 Å². The van der Waals surface area contributed by atoms with Gasteiger partial charge in [0.15, 0.2) is 0 Å². The summed E-state index contributed by atoms with van der Waals surface area (Å²) in [6, 6.07) is 11.0. The minimum atomic E-state index is -3.97. The summed E-state index contributed by atoms with van der Waals surface area (Å²) in [6.45, 7) is 1.83. The van der Waals surface area contributed by atoms with E-state index in [9.17, 15) is 16.8 Å². The van der Waals surface area contributed by atoms with Crippen molar-refractivity contribution < 1.29 is 16.8 Å². The standard InChI is InChI=1S/C16H18N2O4S2/c1-12-5-8-15(9-6-12)23(19,20)17-18-24(21,22)16-10-7-13-3-2-4-14(13)11-16/h5-11,17-18H,2-4H2,1H3. The van der Waals surface area contributed by atoms with Crippen LogP contribution in [0.25, 0.3) is 0 Å². The lowest BCUT2D eigenvalue weighted by atomic mass is 10.1. The maximum Gasteiger partial charge on any atom is 0.254 e. The molecule has 0 saturated carbocycles. The van der Waals surface area contributed by atoms with E-state index >= 15 is 0 Å². The molecule has 0 saturated heterocycles. The average molecular weight is 366 g/mol. The molecule has 0 spiro atoms. The highest BCUT2D eigenvalue weighted by Crippen LogP contribution is 2.24. The zero-order valence-electron chi connectivity index (χ0n) is 13.1. The van der Waals surface area contributed by atoms with Crippen molar-refractivity contribution in [2.75, 3.05) is 0 Å². The van der Waals surface area contributed by atoms with Crippen molar-refractivity contribution in [2.45, 2.75) is 36.0 Å². The van der Waals surface area contributed by atoms with Gasteiger partial charge in [-0.25, -0.2) is 16.8 Å². The Bertz CT molecular complexity index is 966. The summed E-state index contributed by atoms with van der Waals surface area (Å²) in [7, 11) is -7.94. The van der Waals surface area contributed by atoms with Crippen molar-refractivity contribution in [3.63, 3.8) is 0 Å². The Hall–Kier alpha value is -1.74. The Kier molecular flexibility index (Phi) is 4.48. The molecule has 0 atom stereocenters. The van der Waals surface area contributed by atoms with Crippen LogP contribution < -0.4 is 9.66 Å². The minimum Gasteiger partial charge on any atom is -0.206 e. The fourth-order valence-corrected chi connectivity index (χ4v) is 4.81. The number of hydrogen-bond donors (Lipinski definition) is 2.